The number of imidazole rings is 4. The summed E-state index contributed by atoms with van der Waals surface area (Å²) in [5.74, 6) is -10.5. The first-order chi connectivity index (χ1) is 35.5. The summed E-state index contributed by atoms with van der Waals surface area (Å²) in [7, 11) is 0. The molecule has 4 aromatic heterocycles. The molecule has 10 rings (SSSR count). The predicted molar refractivity (Wildman–Crippen MR) is 261 cm³/mol. The summed E-state index contributed by atoms with van der Waals surface area (Å²) in [6.07, 6.45) is 11.1. The Kier molecular flexibility index (Phi) is 17.6. The van der Waals surface area contributed by atoms with Gasteiger partial charge in [-0.2, -0.15) is 0 Å². The third-order valence-electron chi connectivity index (χ3n) is 10.3. The number of fused-ring (bicyclic) bond motifs is 2. The number of H-pyrrole nitrogens is 2. The number of hydrogen-bond donors (Lipinski definition) is 8. The van der Waals surface area contributed by atoms with Crippen molar-refractivity contribution in [2.75, 3.05) is 0 Å². The number of nitrogens with one attached hydrogen (secondary N) is 2. The maximum atomic E-state index is 14.1. The highest BCUT2D eigenvalue weighted by atomic mass is 19.1. The molecule has 0 fully saturated rings. The molecule has 8 N–H and O–H groups in total. The summed E-state index contributed by atoms with van der Waals surface area (Å²) in [6, 6.07) is 46.1. The quantitative estimate of drug-likeness (QED) is 0.0671. The van der Waals surface area contributed by atoms with Gasteiger partial charge in [-0.3, -0.25) is 0 Å². The number of aromatic nitrogens is 8. The highest BCUT2D eigenvalue weighted by molar-refractivity contribution is 6.28. The van der Waals surface area contributed by atoms with Crippen LogP contribution in [0.4, 0.5) is 8.78 Å². The molecule has 374 valence electrons. The molecule has 6 aromatic carbocycles. The Bertz CT molecular complexity index is 3240. The van der Waals surface area contributed by atoms with Crippen molar-refractivity contribution in [1.82, 2.24) is 39.0 Å². The topological polar surface area (TPSA) is 317 Å². The van der Waals surface area contributed by atoms with E-state index in [1.54, 1.807) is 36.7 Å². The van der Waals surface area contributed by atoms with E-state index in [9.17, 15) is 8.78 Å². The molecule has 0 saturated carbocycles. The van der Waals surface area contributed by atoms with Gasteiger partial charge in [-0.15, -0.1) is 0 Å². The first kappa shape index (κ1) is 52.7. The first-order valence-corrected chi connectivity index (χ1v) is 21.4. The number of aromatic amines is 2. The fraction of sp³-hybridized carbons (Fsp3) is 0.0385. The second-order valence-corrected chi connectivity index (χ2v) is 15.2. The van der Waals surface area contributed by atoms with Crippen LogP contribution >= 0.6 is 0 Å². The normalized spacial score (nSPS) is 11.1. The lowest BCUT2D eigenvalue weighted by molar-refractivity contribution is -0.159. The second kappa shape index (κ2) is 24.8. The Hall–Kier alpha value is -10.6. The summed E-state index contributed by atoms with van der Waals surface area (Å²) in [5.41, 5.74) is 8.78. The van der Waals surface area contributed by atoms with Gasteiger partial charge in [0, 0.05) is 24.8 Å². The van der Waals surface area contributed by atoms with Gasteiger partial charge in [0.25, 0.3) is 0 Å². The molecule has 0 amide bonds. The molecule has 2 unspecified atom stereocenters. The Labute approximate surface area is 415 Å². The van der Waals surface area contributed by atoms with E-state index >= 15 is 0 Å². The highest BCUT2D eigenvalue weighted by Crippen LogP contribution is 2.32. The molecule has 0 aliphatic heterocycles. The summed E-state index contributed by atoms with van der Waals surface area (Å²) in [4.78, 5) is 78.7. The van der Waals surface area contributed by atoms with Crippen molar-refractivity contribution in [3.05, 3.63) is 217 Å². The zero-order valence-corrected chi connectivity index (χ0v) is 38.0. The summed E-state index contributed by atoms with van der Waals surface area (Å²) in [5, 5.41) is 44.3. The number of nitrogens with zero attached hydrogens (tertiary/aromatic N) is 6. The number of carboxylic acid groups (broad SMARTS) is 6. The molecule has 0 aliphatic carbocycles. The number of aliphatic carboxylic acids is 6. The molecule has 4 heterocycles. The largest absolute Gasteiger partial charge is 0.473 e. The van der Waals surface area contributed by atoms with Crippen molar-refractivity contribution >= 4 is 57.9 Å². The molecular weight excluding hydrogens is 967 g/mol. The first-order valence-electron chi connectivity index (χ1n) is 21.4. The third kappa shape index (κ3) is 13.8. The number of carbonyl (C=O) groups is 6. The molecule has 20 nitrogen and oxygen atoms in total. The lowest BCUT2D eigenvalue weighted by Crippen LogP contribution is -2.10. The Balaban J connectivity index is 0.000000182. The average Bonchev–Trinajstić information content (AvgIpc) is 4.25. The van der Waals surface area contributed by atoms with Gasteiger partial charge in [-0.25, -0.2) is 57.5 Å². The van der Waals surface area contributed by atoms with Gasteiger partial charge >= 0.3 is 35.8 Å². The molecule has 0 spiro atoms. The molecule has 74 heavy (non-hydrogen) atoms. The van der Waals surface area contributed by atoms with Crippen molar-refractivity contribution in [2.45, 2.75) is 12.1 Å². The molecule has 10 aromatic rings. The van der Waals surface area contributed by atoms with Crippen LogP contribution in [0, 0.1) is 11.6 Å². The lowest BCUT2D eigenvalue weighted by Gasteiger charge is -2.19. The van der Waals surface area contributed by atoms with E-state index in [-0.39, 0.29) is 23.7 Å². The van der Waals surface area contributed by atoms with Crippen molar-refractivity contribution in [3.8, 4) is 22.8 Å². The maximum absolute atomic E-state index is 14.1. The molecule has 0 radical (unpaired) electrons. The van der Waals surface area contributed by atoms with Crippen LogP contribution in [0.5, 0.6) is 0 Å². The van der Waals surface area contributed by atoms with E-state index in [0.717, 1.165) is 44.3 Å². The smallest absolute Gasteiger partial charge is 0.414 e. The minimum absolute atomic E-state index is 0.0123. The molecule has 0 saturated heterocycles. The zero-order chi connectivity index (χ0) is 53.3. The van der Waals surface area contributed by atoms with Gasteiger partial charge in [-0.05, 0) is 70.8 Å². The number of benzene rings is 6. The fourth-order valence-electron chi connectivity index (χ4n) is 7.14. The number of rotatable bonds is 8. The summed E-state index contributed by atoms with van der Waals surface area (Å²) < 4.78 is 32.4. The summed E-state index contributed by atoms with van der Waals surface area (Å²) >= 11 is 0. The predicted octanol–water partition coefficient (Wildman–Crippen LogP) is 7.87. The van der Waals surface area contributed by atoms with Crippen LogP contribution in [0.1, 0.15) is 34.3 Å². The van der Waals surface area contributed by atoms with Crippen LogP contribution in [0.3, 0.4) is 0 Å². The van der Waals surface area contributed by atoms with Crippen molar-refractivity contribution in [3.63, 3.8) is 0 Å². The van der Waals surface area contributed by atoms with Crippen molar-refractivity contribution < 1.29 is 68.2 Å². The van der Waals surface area contributed by atoms with Gasteiger partial charge in [0.2, 0.25) is 0 Å². The fourth-order valence-corrected chi connectivity index (χ4v) is 7.14. The van der Waals surface area contributed by atoms with Crippen LogP contribution in [0.2, 0.25) is 0 Å². The van der Waals surface area contributed by atoms with E-state index < -0.39 is 35.8 Å². The average molecular weight is 1010 g/mol. The van der Waals surface area contributed by atoms with Crippen LogP contribution in [0.25, 0.3) is 44.8 Å². The van der Waals surface area contributed by atoms with Gasteiger partial charge in [0.05, 0.1) is 57.9 Å². The van der Waals surface area contributed by atoms with Crippen LogP contribution in [-0.4, -0.2) is 105 Å². The lowest BCUT2D eigenvalue weighted by atomic mass is 9.98. The second-order valence-electron chi connectivity index (χ2n) is 15.2. The van der Waals surface area contributed by atoms with E-state index in [4.69, 9.17) is 59.4 Å². The molecular formula is C52H40F2N8O12. The Morgan fingerprint density at radius 2 is 0.743 bits per heavy atom. The molecule has 2 atom stereocenters. The number of hydrogen-bond acceptors (Lipinski definition) is 10. The molecule has 0 bridgehead atoms. The highest BCUT2D eigenvalue weighted by Gasteiger charge is 2.20. The van der Waals surface area contributed by atoms with Gasteiger partial charge in [-0.1, -0.05) is 97.1 Å². The van der Waals surface area contributed by atoms with Crippen LogP contribution in [-0.2, 0) is 28.8 Å². The van der Waals surface area contributed by atoms with Gasteiger partial charge in [0.1, 0.15) is 23.3 Å². The van der Waals surface area contributed by atoms with Crippen molar-refractivity contribution in [2.24, 2.45) is 0 Å². The maximum Gasteiger partial charge on any atom is 0.414 e. The van der Waals surface area contributed by atoms with E-state index in [1.165, 1.54) is 12.1 Å². The van der Waals surface area contributed by atoms with Gasteiger partial charge in [0.15, 0.2) is 0 Å². The Morgan fingerprint density at radius 1 is 0.419 bits per heavy atom. The van der Waals surface area contributed by atoms with E-state index in [1.807, 2.05) is 97.8 Å². The standard InChI is InChI=1S/2C23H17FN4.3C2H2O4/c2*24-19-9-5-4-8-18(19)23-26-20-11-10-17(14-21(20)27-23)22(28-13-12-25-15-28)16-6-2-1-3-7-16;3*3-1(4)2(5)6/h2*1-15,22H,(H,26,27);3*(H,3,4)(H,5,6). The van der Waals surface area contributed by atoms with E-state index in [2.05, 4.69) is 75.4 Å². The minimum atomic E-state index is -1.82. The van der Waals surface area contributed by atoms with Crippen LogP contribution in [0.15, 0.2) is 183 Å². The Morgan fingerprint density at radius 3 is 1.04 bits per heavy atom. The minimum Gasteiger partial charge on any atom is -0.473 e. The summed E-state index contributed by atoms with van der Waals surface area (Å²) in [6.45, 7) is 0. The molecule has 0 aliphatic rings. The zero-order valence-electron chi connectivity index (χ0n) is 38.0. The number of carboxylic acids is 6. The van der Waals surface area contributed by atoms with Crippen LogP contribution < -0.4 is 0 Å². The SMILES string of the molecule is Fc1ccccc1-c1nc2cc(C(c3ccccc3)n3ccnc3)ccc2[nH]1.Fc1ccccc1-c1nc2cc(C(c3ccccc3)n3ccnc3)ccc2[nH]1.O=C(O)C(=O)O.O=C(O)C(=O)O.O=C(O)C(=O)O. The number of halogens is 2. The molecule has 22 heteroatoms. The van der Waals surface area contributed by atoms with Crippen molar-refractivity contribution in [1.29, 1.82) is 0 Å². The monoisotopic (exact) mass is 1010 g/mol. The third-order valence-corrected chi connectivity index (χ3v) is 10.3. The van der Waals surface area contributed by atoms with E-state index in [0.29, 0.717) is 22.8 Å². The van der Waals surface area contributed by atoms with Gasteiger partial charge < -0.3 is 49.7 Å².